The van der Waals surface area contributed by atoms with Crippen molar-refractivity contribution in [1.29, 1.82) is 0 Å². The van der Waals surface area contributed by atoms with E-state index in [1.807, 2.05) is 0 Å². The summed E-state index contributed by atoms with van der Waals surface area (Å²) in [6.45, 7) is 2.52. The molecule has 23 heavy (non-hydrogen) atoms. The van der Waals surface area contributed by atoms with Gasteiger partial charge in [0, 0.05) is 0 Å². The SMILES string of the molecule is [B]C(C)(CC)c1cc(C(F)(F)F)c(C(F)(F)F)c(C(F)(F)F)c1. The number of alkyl halides is 9. The van der Waals surface area contributed by atoms with Crippen LogP contribution in [-0.4, -0.2) is 7.85 Å². The van der Waals surface area contributed by atoms with Crippen molar-refractivity contribution in [3.8, 4) is 0 Å². The highest BCUT2D eigenvalue weighted by atomic mass is 19.4. The first kappa shape index (κ1) is 19.7. The molecule has 2 radical (unpaired) electrons. The Hall–Kier alpha value is -1.35. The van der Waals surface area contributed by atoms with Crippen molar-refractivity contribution in [2.24, 2.45) is 0 Å². The van der Waals surface area contributed by atoms with Crippen molar-refractivity contribution in [2.75, 3.05) is 0 Å². The van der Waals surface area contributed by atoms with Gasteiger partial charge in [0.2, 0.25) is 0 Å². The van der Waals surface area contributed by atoms with E-state index in [0.29, 0.717) is 0 Å². The van der Waals surface area contributed by atoms with Gasteiger partial charge in [0.15, 0.2) is 0 Å². The standard InChI is InChI=1S/C13H10BF9/c1-3-10(2,14)6-4-7(11(15,16)17)9(13(21,22)23)8(5-6)12(18,19)20/h4-5H,3H2,1-2H3. The molecule has 1 rings (SSSR count). The van der Waals surface area contributed by atoms with Gasteiger partial charge in [-0.1, -0.05) is 20.3 Å². The van der Waals surface area contributed by atoms with Gasteiger partial charge in [-0.25, -0.2) is 0 Å². The van der Waals surface area contributed by atoms with E-state index in [2.05, 4.69) is 0 Å². The smallest absolute Gasteiger partial charge is 0.166 e. The van der Waals surface area contributed by atoms with Crippen LogP contribution in [0.3, 0.4) is 0 Å². The van der Waals surface area contributed by atoms with Gasteiger partial charge >= 0.3 is 18.5 Å². The molecule has 1 aromatic carbocycles. The lowest BCUT2D eigenvalue weighted by Gasteiger charge is -2.28. The molecule has 0 aliphatic carbocycles. The monoisotopic (exact) mass is 348 g/mol. The molecule has 1 aromatic rings. The van der Waals surface area contributed by atoms with Crippen molar-refractivity contribution in [3.63, 3.8) is 0 Å². The molecule has 0 fully saturated rings. The second-order valence-electron chi connectivity index (χ2n) is 5.21. The Morgan fingerprint density at radius 3 is 1.35 bits per heavy atom. The minimum Gasteiger partial charge on any atom is -0.166 e. The third-order valence-corrected chi connectivity index (χ3v) is 3.43. The Morgan fingerprint density at radius 2 is 1.13 bits per heavy atom. The van der Waals surface area contributed by atoms with Crippen molar-refractivity contribution < 1.29 is 39.5 Å². The first-order valence-corrected chi connectivity index (χ1v) is 6.20. The Balaban J connectivity index is 3.96. The molecule has 0 saturated heterocycles. The number of benzene rings is 1. The van der Waals surface area contributed by atoms with Gasteiger partial charge < -0.3 is 0 Å². The zero-order chi connectivity index (χ0) is 18.4. The van der Waals surface area contributed by atoms with Gasteiger partial charge in [-0.15, -0.1) is 0 Å². The molecule has 0 aromatic heterocycles. The largest absolute Gasteiger partial charge is 0.417 e. The number of halogens is 9. The van der Waals surface area contributed by atoms with Crippen LogP contribution in [0.2, 0.25) is 0 Å². The Bertz CT molecular complexity index is 544. The number of rotatable bonds is 2. The van der Waals surface area contributed by atoms with E-state index in [4.69, 9.17) is 7.85 Å². The predicted molar refractivity (Wildman–Crippen MR) is 64.8 cm³/mol. The summed E-state index contributed by atoms with van der Waals surface area (Å²) in [6.07, 6.45) is -17.1. The third-order valence-electron chi connectivity index (χ3n) is 3.43. The zero-order valence-electron chi connectivity index (χ0n) is 11.8. The summed E-state index contributed by atoms with van der Waals surface area (Å²) >= 11 is 0. The lowest BCUT2D eigenvalue weighted by Crippen LogP contribution is -2.27. The molecule has 0 aliphatic heterocycles. The summed E-state index contributed by atoms with van der Waals surface area (Å²) in [5, 5.41) is -1.65. The van der Waals surface area contributed by atoms with Crippen LogP contribution in [0.5, 0.6) is 0 Å². The van der Waals surface area contributed by atoms with Crippen LogP contribution in [0.25, 0.3) is 0 Å². The molecule has 1 atom stereocenters. The van der Waals surface area contributed by atoms with Crippen LogP contribution in [-0.2, 0) is 23.8 Å². The molecular weight excluding hydrogens is 338 g/mol. The van der Waals surface area contributed by atoms with Crippen molar-refractivity contribution in [1.82, 2.24) is 0 Å². The topological polar surface area (TPSA) is 0 Å². The highest BCUT2D eigenvalue weighted by Gasteiger charge is 2.50. The molecule has 1 unspecified atom stereocenters. The van der Waals surface area contributed by atoms with Gasteiger partial charge in [-0.3, -0.25) is 0 Å². The van der Waals surface area contributed by atoms with E-state index >= 15 is 0 Å². The lowest BCUT2D eigenvalue weighted by molar-refractivity contribution is -0.174. The van der Waals surface area contributed by atoms with Gasteiger partial charge in [0.1, 0.15) is 0 Å². The summed E-state index contributed by atoms with van der Waals surface area (Å²) < 4.78 is 116. The molecule has 0 amide bonds. The van der Waals surface area contributed by atoms with Crippen LogP contribution < -0.4 is 0 Å². The lowest BCUT2D eigenvalue weighted by atomic mass is 9.63. The van der Waals surface area contributed by atoms with E-state index in [1.165, 1.54) is 6.92 Å². The minimum absolute atomic E-state index is 0.0293. The Labute approximate surface area is 127 Å². The summed E-state index contributed by atoms with van der Waals surface area (Å²) in [6, 6.07) is 0.0587. The van der Waals surface area contributed by atoms with Crippen LogP contribution in [0.4, 0.5) is 39.5 Å². The Morgan fingerprint density at radius 1 is 0.783 bits per heavy atom. The quantitative estimate of drug-likeness (QED) is 0.487. The first-order chi connectivity index (χ1) is 10.0. The maximum Gasteiger partial charge on any atom is 0.417 e. The summed E-state index contributed by atoms with van der Waals surface area (Å²) in [5.41, 5.74) is -8.24. The van der Waals surface area contributed by atoms with Crippen LogP contribution >= 0.6 is 0 Å². The molecule has 128 valence electrons. The number of hydrogen-bond donors (Lipinski definition) is 0. The van der Waals surface area contributed by atoms with E-state index in [1.54, 1.807) is 0 Å². The average Bonchev–Trinajstić information content (AvgIpc) is 2.34. The summed E-state index contributed by atoms with van der Waals surface area (Å²) in [7, 11) is 5.60. The molecule has 0 saturated carbocycles. The Kier molecular flexibility index (Phi) is 4.82. The van der Waals surface area contributed by atoms with Crippen molar-refractivity contribution >= 4 is 7.85 Å². The molecule has 0 N–H and O–H groups in total. The maximum absolute atomic E-state index is 12.9. The van der Waals surface area contributed by atoms with E-state index in [-0.39, 0.29) is 18.6 Å². The van der Waals surface area contributed by atoms with E-state index in [0.717, 1.165) is 6.92 Å². The molecular formula is C13H10BF9. The average molecular weight is 348 g/mol. The fraction of sp³-hybridized carbons (Fsp3) is 0.538. The highest BCUT2D eigenvalue weighted by Crippen LogP contribution is 2.48. The van der Waals surface area contributed by atoms with Crippen molar-refractivity contribution in [3.05, 3.63) is 34.4 Å². The minimum atomic E-state index is -5.83. The molecule has 0 bridgehead atoms. The summed E-state index contributed by atoms with van der Waals surface area (Å²) in [5.74, 6) is 0. The van der Waals surface area contributed by atoms with E-state index in [9.17, 15) is 39.5 Å². The molecule has 10 heteroatoms. The fourth-order valence-electron chi connectivity index (χ4n) is 1.93. The third kappa shape index (κ3) is 4.14. The second kappa shape index (κ2) is 5.63. The molecule has 0 heterocycles. The zero-order valence-corrected chi connectivity index (χ0v) is 11.8. The van der Waals surface area contributed by atoms with Crippen LogP contribution in [0.1, 0.15) is 42.5 Å². The van der Waals surface area contributed by atoms with E-state index < -0.39 is 46.1 Å². The van der Waals surface area contributed by atoms with Crippen LogP contribution in [0, 0.1) is 0 Å². The predicted octanol–water partition coefficient (Wildman–Crippen LogP) is 5.54. The number of hydrogen-bond acceptors (Lipinski definition) is 0. The molecule has 0 aliphatic rings. The second-order valence-corrected chi connectivity index (χ2v) is 5.21. The van der Waals surface area contributed by atoms with Crippen molar-refractivity contribution in [2.45, 2.75) is 44.1 Å². The van der Waals surface area contributed by atoms with Gasteiger partial charge in [0.25, 0.3) is 0 Å². The molecule has 0 nitrogen and oxygen atoms in total. The van der Waals surface area contributed by atoms with Crippen LogP contribution in [0.15, 0.2) is 12.1 Å². The summed E-state index contributed by atoms with van der Waals surface area (Å²) in [4.78, 5) is 0. The fourth-order valence-corrected chi connectivity index (χ4v) is 1.93. The van der Waals surface area contributed by atoms with Gasteiger partial charge in [-0.2, -0.15) is 39.5 Å². The van der Waals surface area contributed by atoms with Gasteiger partial charge in [-0.05, 0) is 23.0 Å². The normalized spacial score (nSPS) is 16.3. The maximum atomic E-state index is 12.9. The molecule has 0 spiro atoms. The van der Waals surface area contributed by atoms with Gasteiger partial charge in [0.05, 0.1) is 24.5 Å². The highest BCUT2D eigenvalue weighted by molar-refractivity contribution is 6.15. The first-order valence-electron chi connectivity index (χ1n) is 6.20.